The van der Waals surface area contributed by atoms with Crippen LogP contribution in [0.1, 0.15) is 0 Å². The first-order valence-corrected chi connectivity index (χ1v) is 17.6. The predicted molar refractivity (Wildman–Crippen MR) is 217 cm³/mol. The molecule has 0 aliphatic heterocycles. The summed E-state index contributed by atoms with van der Waals surface area (Å²) in [5.74, 6) is 1.94. The van der Waals surface area contributed by atoms with Crippen LogP contribution in [0.4, 0.5) is 0 Å². The largest absolute Gasteiger partial charge is 0.208 e. The Morgan fingerprint density at radius 2 is 0.635 bits per heavy atom. The average molecular weight is 662 g/mol. The highest BCUT2D eigenvalue weighted by Gasteiger charge is 2.17. The Kier molecular flexibility index (Phi) is 7.14. The van der Waals surface area contributed by atoms with Gasteiger partial charge in [0.2, 0.25) is 0 Å². The molecular formula is C49H31N3. The molecule has 10 rings (SSSR count). The topological polar surface area (TPSA) is 38.7 Å². The Hall–Kier alpha value is -6.97. The summed E-state index contributed by atoms with van der Waals surface area (Å²) in [7, 11) is 0. The minimum absolute atomic E-state index is 0.645. The van der Waals surface area contributed by atoms with Gasteiger partial charge < -0.3 is 0 Å². The van der Waals surface area contributed by atoms with Gasteiger partial charge in [0.1, 0.15) is 0 Å². The van der Waals surface area contributed by atoms with E-state index in [1.54, 1.807) is 0 Å². The molecule has 3 heteroatoms. The van der Waals surface area contributed by atoms with E-state index in [9.17, 15) is 0 Å². The van der Waals surface area contributed by atoms with Crippen molar-refractivity contribution < 1.29 is 0 Å². The van der Waals surface area contributed by atoms with Crippen LogP contribution in [0.5, 0.6) is 0 Å². The molecule has 0 aliphatic rings. The number of fused-ring (bicyclic) bond motifs is 7. The Morgan fingerprint density at radius 3 is 1.19 bits per heavy atom. The van der Waals surface area contributed by atoms with Crippen molar-refractivity contribution in [2.75, 3.05) is 0 Å². The van der Waals surface area contributed by atoms with Gasteiger partial charge in [-0.3, -0.25) is 0 Å². The van der Waals surface area contributed by atoms with Crippen molar-refractivity contribution in [2.45, 2.75) is 0 Å². The zero-order valence-corrected chi connectivity index (χ0v) is 28.2. The van der Waals surface area contributed by atoms with Gasteiger partial charge >= 0.3 is 0 Å². The SMILES string of the molecule is c1ccc(-c2nc(-c3ccccc3)nc(-c3cc4ccccc4cc3-c3ccc(-c4ccc5c6ccccc6c6ccccc6c5c4)cc3)n2)cc1. The fourth-order valence-electron chi connectivity index (χ4n) is 7.52. The van der Waals surface area contributed by atoms with Crippen molar-refractivity contribution in [1.82, 2.24) is 15.0 Å². The monoisotopic (exact) mass is 661 g/mol. The summed E-state index contributed by atoms with van der Waals surface area (Å²) in [6, 6.07) is 66.5. The molecule has 10 aromatic rings. The van der Waals surface area contributed by atoms with E-state index in [4.69, 9.17) is 15.0 Å². The van der Waals surface area contributed by atoms with Crippen molar-refractivity contribution in [3.8, 4) is 56.4 Å². The Bertz CT molecular complexity index is 2840. The van der Waals surface area contributed by atoms with Crippen LogP contribution >= 0.6 is 0 Å². The highest BCUT2D eigenvalue weighted by molar-refractivity contribution is 6.25. The van der Waals surface area contributed by atoms with Gasteiger partial charge in [0.15, 0.2) is 17.5 Å². The predicted octanol–water partition coefficient (Wildman–Crippen LogP) is 12.8. The molecule has 1 heterocycles. The maximum Gasteiger partial charge on any atom is 0.164 e. The maximum atomic E-state index is 5.11. The Labute approximate surface area is 301 Å². The van der Waals surface area contributed by atoms with Gasteiger partial charge in [-0.2, -0.15) is 0 Å². The van der Waals surface area contributed by atoms with E-state index in [0.29, 0.717) is 17.5 Å². The minimum atomic E-state index is 0.645. The summed E-state index contributed by atoms with van der Waals surface area (Å²) in [5.41, 5.74) is 7.40. The second kappa shape index (κ2) is 12.4. The van der Waals surface area contributed by atoms with Crippen LogP contribution in [0.2, 0.25) is 0 Å². The van der Waals surface area contributed by atoms with Crippen LogP contribution in [0.15, 0.2) is 188 Å². The van der Waals surface area contributed by atoms with Gasteiger partial charge in [-0.1, -0.05) is 170 Å². The molecule has 0 saturated heterocycles. The molecule has 0 saturated carbocycles. The van der Waals surface area contributed by atoms with E-state index in [-0.39, 0.29) is 0 Å². The Balaban J connectivity index is 1.13. The van der Waals surface area contributed by atoms with Crippen LogP contribution in [0.25, 0.3) is 99.5 Å². The summed E-state index contributed by atoms with van der Waals surface area (Å²) < 4.78 is 0. The van der Waals surface area contributed by atoms with Gasteiger partial charge in [0, 0.05) is 16.7 Å². The first-order chi connectivity index (χ1) is 25.8. The third-order valence-corrected chi connectivity index (χ3v) is 10.1. The van der Waals surface area contributed by atoms with Crippen molar-refractivity contribution in [3.05, 3.63) is 188 Å². The van der Waals surface area contributed by atoms with Gasteiger partial charge in [-0.25, -0.2) is 15.0 Å². The number of benzene rings is 9. The molecule has 0 N–H and O–H groups in total. The summed E-state index contributed by atoms with van der Waals surface area (Å²) >= 11 is 0. The molecule has 242 valence electrons. The summed E-state index contributed by atoms with van der Waals surface area (Å²) in [6.07, 6.45) is 0. The molecule has 0 bridgehead atoms. The van der Waals surface area contributed by atoms with Crippen LogP contribution in [0.3, 0.4) is 0 Å². The first-order valence-electron chi connectivity index (χ1n) is 17.6. The van der Waals surface area contributed by atoms with Crippen LogP contribution in [-0.2, 0) is 0 Å². The second-order valence-corrected chi connectivity index (χ2v) is 13.2. The zero-order chi connectivity index (χ0) is 34.4. The lowest BCUT2D eigenvalue weighted by Gasteiger charge is -2.15. The standard InChI is InChI=1S/C49H31N3/c1-3-13-34(14-4-1)47-50-48(35-15-5-2-6-16-35)52-49(51-47)46-31-37-18-8-7-17-36(37)29-44(46)33-25-23-32(24-26-33)38-27-28-43-41-21-10-9-19-39(41)40-20-11-12-22-42(40)45(43)30-38/h1-31H. The number of hydrogen-bond donors (Lipinski definition) is 0. The lowest BCUT2D eigenvalue weighted by atomic mass is 9.91. The first kappa shape index (κ1) is 29.9. The third-order valence-electron chi connectivity index (χ3n) is 10.1. The van der Waals surface area contributed by atoms with E-state index >= 15 is 0 Å². The summed E-state index contributed by atoms with van der Waals surface area (Å²) in [6.45, 7) is 0. The van der Waals surface area contributed by atoms with Crippen LogP contribution < -0.4 is 0 Å². The fourth-order valence-corrected chi connectivity index (χ4v) is 7.52. The second-order valence-electron chi connectivity index (χ2n) is 13.2. The van der Waals surface area contributed by atoms with Crippen molar-refractivity contribution >= 4 is 43.1 Å². The van der Waals surface area contributed by atoms with Crippen LogP contribution in [-0.4, -0.2) is 15.0 Å². The summed E-state index contributed by atoms with van der Waals surface area (Å²) in [4.78, 5) is 15.2. The van der Waals surface area contributed by atoms with Gasteiger partial charge in [-0.05, 0) is 83.5 Å². The fraction of sp³-hybridized carbons (Fsp3) is 0. The molecular weight excluding hydrogens is 631 g/mol. The third kappa shape index (κ3) is 5.19. The van der Waals surface area contributed by atoms with E-state index in [1.807, 2.05) is 60.7 Å². The number of nitrogens with zero attached hydrogens (tertiary/aromatic N) is 3. The molecule has 9 aromatic carbocycles. The maximum absolute atomic E-state index is 5.11. The molecule has 0 fully saturated rings. The van der Waals surface area contributed by atoms with E-state index in [0.717, 1.165) is 33.2 Å². The highest BCUT2D eigenvalue weighted by atomic mass is 15.0. The molecule has 3 nitrogen and oxygen atoms in total. The highest BCUT2D eigenvalue weighted by Crippen LogP contribution is 2.39. The van der Waals surface area contributed by atoms with Crippen molar-refractivity contribution in [1.29, 1.82) is 0 Å². The van der Waals surface area contributed by atoms with E-state index in [2.05, 4.69) is 127 Å². The molecule has 0 aliphatic carbocycles. The molecule has 0 radical (unpaired) electrons. The van der Waals surface area contributed by atoms with E-state index < -0.39 is 0 Å². The molecule has 0 amide bonds. The number of hydrogen-bond acceptors (Lipinski definition) is 3. The lowest BCUT2D eigenvalue weighted by molar-refractivity contribution is 1.07. The Morgan fingerprint density at radius 1 is 0.231 bits per heavy atom. The molecule has 0 atom stereocenters. The lowest BCUT2D eigenvalue weighted by Crippen LogP contribution is -2.01. The quantitative estimate of drug-likeness (QED) is 0.172. The zero-order valence-electron chi connectivity index (χ0n) is 28.2. The number of aromatic nitrogens is 3. The van der Waals surface area contributed by atoms with Crippen molar-refractivity contribution in [2.24, 2.45) is 0 Å². The average Bonchev–Trinajstić information content (AvgIpc) is 3.23. The van der Waals surface area contributed by atoms with E-state index in [1.165, 1.54) is 48.8 Å². The normalized spacial score (nSPS) is 11.5. The molecule has 0 unspecified atom stereocenters. The number of rotatable bonds is 5. The minimum Gasteiger partial charge on any atom is -0.208 e. The van der Waals surface area contributed by atoms with Gasteiger partial charge in [-0.15, -0.1) is 0 Å². The smallest absolute Gasteiger partial charge is 0.164 e. The molecule has 0 spiro atoms. The van der Waals surface area contributed by atoms with Crippen molar-refractivity contribution in [3.63, 3.8) is 0 Å². The molecule has 1 aromatic heterocycles. The molecule has 52 heavy (non-hydrogen) atoms. The van der Waals surface area contributed by atoms with Gasteiger partial charge in [0.05, 0.1) is 0 Å². The summed E-state index contributed by atoms with van der Waals surface area (Å²) in [5, 5.41) is 9.98. The van der Waals surface area contributed by atoms with Gasteiger partial charge in [0.25, 0.3) is 0 Å². The van der Waals surface area contributed by atoms with Crippen LogP contribution in [0, 0.1) is 0 Å².